The molecule has 0 aromatic heterocycles. The van der Waals surface area contributed by atoms with Crippen molar-refractivity contribution in [2.75, 3.05) is 39.3 Å². The SMILES string of the molecule is CCCNC1CCC(C)CC1N1CCN(CCC)CC1. The average Bonchev–Trinajstić information content (AvgIpc) is 2.47. The Morgan fingerprint density at radius 2 is 1.75 bits per heavy atom. The van der Waals surface area contributed by atoms with E-state index >= 15 is 0 Å². The number of rotatable bonds is 6. The minimum atomic E-state index is 0.740. The molecule has 3 heteroatoms. The van der Waals surface area contributed by atoms with Gasteiger partial charge in [-0.15, -0.1) is 0 Å². The highest BCUT2D eigenvalue weighted by atomic mass is 15.3. The van der Waals surface area contributed by atoms with Gasteiger partial charge in [-0.05, 0) is 51.1 Å². The molecule has 1 aliphatic heterocycles. The third-order valence-corrected chi connectivity index (χ3v) is 5.15. The fraction of sp³-hybridized carbons (Fsp3) is 1.00. The first-order chi connectivity index (χ1) is 9.74. The summed E-state index contributed by atoms with van der Waals surface area (Å²) in [5.74, 6) is 0.911. The minimum Gasteiger partial charge on any atom is -0.312 e. The van der Waals surface area contributed by atoms with Gasteiger partial charge in [0.2, 0.25) is 0 Å². The molecule has 118 valence electrons. The standard InChI is InChI=1S/C17H35N3/c1-4-8-18-16-7-6-15(3)14-17(16)20-12-10-19(9-5-2)11-13-20/h15-18H,4-14H2,1-3H3. The Labute approximate surface area is 126 Å². The van der Waals surface area contributed by atoms with E-state index in [1.807, 2.05) is 0 Å². The van der Waals surface area contributed by atoms with Gasteiger partial charge in [-0.3, -0.25) is 4.90 Å². The van der Waals surface area contributed by atoms with Crippen LogP contribution >= 0.6 is 0 Å². The van der Waals surface area contributed by atoms with E-state index in [-0.39, 0.29) is 0 Å². The summed E-state index contributed by atoms with van der Waals surface area (Å²) in [6.45, 7) is 14.6. The van der Waals surface area contributed by atoms with Gasteiger partial charge in [-0.25, -0.2) is 0 Å². The van der Waals surface area contributed by atoms with Crippen molar-refractivity contribution < 1.29 is 0 Å². The molecule has 2 fully saturated rings. The first kappa shape index (κ1) is 16.3. The number of hydrogen-bond donors (Lipinski definition) is 1. The second-order valence-corrected chi connectivity index (χ2v) is 6.92. The third-order valence-electron chi connectivity index (χ3n) is 5.15. The maximum absolute atomic E-state index is 3.82. The molecule has 0 amide bonds. The fourth-order valence-corrected chi connectivity index (χ4v) is 3.96. The van der Waals surface area contributed by atoms with Crippen LogP contribution in [0.5, 0.6) is 0 Å². The zero-order valence-electron chi connectivity index (χ0n) is 13.9. The van der Waals surface area contributed by atoms with Crippen LogP contribution in [-0.2, 0) is 0 Å². The van der Waals surface area contributed by atoms with Gasteiger partial charge in [0.05, 0.1) is 0 Å². The second kappa shape index (κ2) is 8.35. The highest BCUT2D eigenvalue weighted by Gasteiger charge is 2.33. The molecule has 0 spiro atoms. The van der Waals surface area contributed by atoms with Gasteiger partial charge < -0.3 is 10.2 Å². The van der Waals surface area contributed by atoms with Crippen LogP contribution in [0.4, 0.5) is 0 Å². The summed E-state index contributed by atoms with van der Waals surface area (Å²) in [4.78, 5) is 5.42. The minimum absolute atomic E-state index is 0.740. The lowest BCUT2D eigenvalue weighted by Gasteiger charge is -2.46. The average molecular weight is 281 g/mol. The first-order valence-corrected chi connectivity index (χ1v) is 8.94. The van der Waals surface area contributed by atoms with Crippen molar-refractivity contribution >= 4 is 0 Å². The van der Waals surface area contributed by atoms with Gasteiger partial charge >= 0.3 is 0 Å². The van der Waals surface area contributed by atoms with Gasteiger partial charge in [0.25, 0.3) is 0 Å². The largest absolute Gasteiger partial charge is 0.312 e. The van der Waals surface area contributed by atoms with Crippen molar-refractivity contribution in [3.05, 3.63) is 0 Å². The summed E-state index contributed by atoms with van der Waals surface area (Å²) in [5.41, 5.74) is 0. The third kappa shape index (κ3) is 4.44. The molecular weight excluding hydrogens is 246 g/mol. The van der Waals surface area contributed by atoms with Gasteiger partial charge in [-0.2, -0.15) is 0 Å². The molecule has 0 aromatic rings. The summed E-state index contributed by atoms with van der Waals surface area (Å²) < 4.78 is 0. The number of hydrogen-bond acceptors (Lipinski definition) is 3. The molecule has 2 rings (SSSR count). The van der Waals surface area contributed by atoms with E-state index < -0.39 is 0 Å². The van der Waals surface area contributed by atoms with Crippen molar-refractivity contribution in [1.82, 2.24) is 15.1 Å². The molecule has 1 aliphatic carbocycles. The number of piperazine rings is 1. The predicted molar refractivity (Wildman–Crippen MR) is 87.2 cm³/mol. The van der Waals surface area contributed by atoms with Crippen LogP contribution in [0, 0.1) is 5.92 Å². The molecule has 2 aliphatic rings. The van der Waals surface area contributed by atoms with Crippen molar-refractivity contribution in [3.63, 3.8) is 0 Å². The van der Waals surface area contributed by atoms with E-state index in [9.17, 15) is 0 Å². The molecule has 3 atom stereocenters. The highest BCUT2D eigenvalue weighted by molar-refractivity contribution is 4.92. The Morgan fingerprint density at radius 3 is 2.40 bits per heavy atom. The molecule has 0 radical (unpaired) electrons. The van der Waals surface area contributed by atoms with Crippen LogP contribution in [-0.4, -0.2) is 61.2 Å². The summed E-state index contributed by atoms with van der Waals surface area (Å²) in [6, 6.07) is 1.53. The zero-order valence-corrected chi connectivity index (χ0v) is 13.9. The summed E-state index contributed by atoms with van der Waals surface area (Å²) in [7, 11) is 0. The topological polar surface area (TPSA) is 18.5 Å². The van der Waals surface area contributed by atoms with E-state index in [1.165, 1.54) is 71.4 Å². The van der Waals surface area contributed by atoms with Crippen LogP contribution in [0.1, 0.15) is 52.9 Å². The molecule has 1 heterocycles. The Hall–Kier alpha value is -0.120. The molecule has 1 saturated carbocycles. The lowest BCUT2D eigenvalue weighted by Crippen LogP contribution is -2.58. The molecule has 1 saturated heterocycles. The molecule has 0 bridgehead atoms. The van der Waals surface area contributed by atoms with E-state index in [2.05, 4.69) is 35.9 Å². The van der Waals surface area contributed by atoms with E-state index in [4.69, 9.17) is 0 Å². The van der Waals surface area contributed by atoms with E-state index in [0.717, 1.165) is 18.0 Å². The van der Waals surface area contributed by atoms with E-state index in [0.29, 0.717) is 0 Å². The lowest BCUT2D eigenvalue weighted by molar-refractivity contribution is 0.0503. The summed E-state index contributed by atoms with van der Waals surface area (Å²) in [5, 5.41) is 3.82. The lowest BCUT2D eigenvalue weighted by atomic mass is 9.82. The highest BCUT2D eigenvalue weighted by Crippen LogP contribution is 2.28. The number of nitrogens with one attached hydrogen (secondary N) is 1. The Kier molecular flexibility index (Phi) is 6.79. The van der Waals surface area contributed by atoms with Gasteiger partial charge in [0, 0.05) is 38.3 Å². The normalized spacial score (nSPS) is 33.5. The molecule has 1 N–H and O–H groups in total. The van der Waals surface area contributed by atoms with E-state index in [1.54, 1.807) is 0 Å². The smallest absolute Gasteiger partial charge is 0.0252 e. The molecular formula is C17H35N3. The van der Waals surface area contributed by atoms with Crippen LogP contribution < -0.4 is 5.32 Å². The number of nitrogens with zero attached hydrogens (tertiary/aromatic N) is 2. The van der Waals surface area contributed by atoms with Gasteiger partial charge in [0.1, 0.15) is 0 Å². The molecule has 3 unspecified atom stereocenters. The quantitative estimate of drug-likeness (QED) is 0.807. The first-order valence-electron chi connectivity index (χ1n) is 8.94. The summed E-state index contributed by atoms with van der Waals surface area (Å²) in [6.07, 6.45) is 6.73. The van der Waals surface area contributed by atoms with Crippen molar-refractivity contribution in [3.8, 4) is 0 Å². The fourth-order valence-electron chi connectivity index (χ4n) is 3.96. The Morgan fingerprint density at radius 1 is 1.00 bits per heavy atom. The monoisotopic (exact) mass is 281 g/mol. The van der Waals surface area contributed by atoms with Crippen molar-refractivity contribution in [2.45, 2.75) is 65.0 Å². The van der Waals surface area contributed by atoms with Crippen LogP contribution in [0.2, 0.25) is 0 Å². The zero-order chi connectivity index (χ0) is 14.4. The molecule has 20 heavy (non-hydrogen) atoms. The van der Waals surface area contributed by atoms with Gasteiger partial charge in [-0.1, -0.05) is 20.8 Å². The van der Waals surface area contributed by atoms with Crippen molar-refractivity contribution in [1.29, 1.82) is 0 Å². The van der Waals surface area contributed by atoms with Crippen LogP contribution in [0.3, 0.4) is 0 Å². The van der Waals surface area contributed by atoms with Gasteiger partial charge in [0.15, 0.2) is 0 Å². The maximum Gasteiger partial charge on any atom is 0.0252 e. The second-order valence-electron chi connectivity index (χ2n) is 6.92. The summed E-state index contributed by atoms with van der Waals surface area (Å²) >= 11 is 0. The Bertz CT molecular complexity index is 259. The Balaban J connectivity index is 1.86. The molecule has 3 nitrogen and oxygen atoms in total. The molecule has 0 aromatic carbocycles. The van der Waals surface area contributed by atoms with Crippen molar-refractivity contribution in [2.24, 2.45) is 5.92 Å². The van der Waals surface area contributed by atoms with Crippen LogP contribution in [0.15, 0.2) is 0 Å². The van der Waals surface area contributed by atoms with Crippen LogP contribution in [0.25, 0.3) is 0 Å². The maximum atomic E-state index is 3.82. The predicted octanol–water partition coefficient (Wildman–Crippen LogP) is 2.57.